The fourth-order valence-electron chi connectivity index (χ4n) is 3.75. The number of hydrogen-bond acceptors (Lipinski definition) is 5. The molecule has 2 amide bonds. The molecule has 0 saturated carbocycles. The first-order valence-corrected chi connectivity index (χ1v) is 10.5. The van der Waals surface area contributed by atoms with Crippen LogP contribution in [0.5, 0.6) is 0 Å². The Hall–Kier alpha value is -2.74. The Morgan fingerprint density at radius 2 is 1.77 bits per heavy atom. The smallest absolute Gasteiger partial charge is 0.274 e. The van der Waals surface area contributed by atoms with Crippen LogP contribution in [0.3, 0.4) is 0 Å². The molecule has 0 aliphatic carbocycles. The Bertz CT molecular complexity index is 992. The van der Waals surface area contributed by atoms with Gasteiger partial charge >= 0.3 is 0 Å². The van der Waals surface area contributed by atoms with Gasteiger partial charge in [-0.25, -0.2) is 4.68 Å². The van der Waals surface area contributed by atoms with E-state index in [0.29, 0.717) is 49.2 Å². The van der Waals surface area contributed by atoms with Crippen molar-refractivity contribution in [1.29, 1.82) is 0 Å². The van der Waals surface area contributed by atoms with Crippen molar-refractivity contribution < 1.29 is 9.59 Å². The van der Waals surface area contributed by atoms with E-state index in [4.69, 9.17) is 0 Å². The van der Waals surface area contributed by atoms with Gasteiger partial charge in [-0.2, -0.15) is 5.10 Å². The number of carbonyl (C=O) groups excluding carboxylic acids is 2. The Morgan fingerprint density at radius 1 is 1.07 bits per heavy atom. The van der Waals surface area contributed by atoms with Crippen molar-refractivity contribution in [2.45, 2.75) is 46.2 Å². The van der Waals surface area contributed by atoms with Crippen molar-refractivity contribution in [3.8, 4) is 0 Å². The van der Waals surface area contributed by atoms with Crippen LogP contribution in [-0.2, 0) is 11.3 Å². The van der Waals surface area contributed by atoms with Gasteiger partial charge in [-0.3, -0.25) is 19.3 Å². The van der Waals surface area contributed by atoms with E-state index in [1.54, 1.807) is 23.1 Å². The van der Waals surface area contributed by atoms with E-state index in [-0.39, 0.29) is 22.9 Å². The zero-order valence-electron chi connectivity index (χ0n) is 18.3. The maximum Gasteiger partial charge on any atom is 0.274 e. The molecule has 3 rings (SSSR count). The standard InChI is InChI=1S/C22H31N5O3/c1-5-27-20(29)17-10-7-6-9-16(17)19(24-27)21(30)26-12-8-11-25(13-14-26)15-18(28)23-22(2,3)4/h6-7,9-10H,5,8,11-15H2,1-4H3,(H,23,28). The number of aryl methyl sites for hydroxylation is 1. The third-order valence-corrected chi connectivity index (χ3v) is 5.13. The monoisotopic (exact) mass is 413 g/mol. The van der Waals surface area contributed by atoms with E-state index in [2.05, 4.69) is 15.3 Å². The molecule has 1 aromatic heterocycles. The van der Waals surface area contributed by atoms with Gasteiger partial charge in [0.25, 0.3) is 11.5 Å². The van der Waals surface area contributed by atoms with Crippen molar-refractivity contribution in [2.75, 3.05) is 32.7 Å². The van der Waals surface area contributed by atoms with Crippen molar-refractivity contribution in [3.05, 3.63) is 40.3 Å². The largest absolute Gasteiger partial charge is 0.350 e. The number of hydrogen-bond donors (Lipinski definition) is 1. The van der Waals surface area contributed by atoms with Crippen molar-refractivity contribution in [3.63, 3.8) is 0 Å². The summed E-state index contributed by atoms with van der Waals surface area (Å²) < 4.78 is 1.34. The van der Waals surface area contributed by atoms with Gasteiger partial charge in [0.15, 0.2) is 5.69 Å². The van der Waals surface area contributed by atoms with E-state index < -0.39 is 0 Å². The molecule has 8 heteroatoms. The zero-order chi connectivity index (χ0) is 21.9. The molecule has 2 heterocycles. The number of nitrogens with zero attached hydrogens (tertiary/aromatic N) is 4. The highest BCUT2D eigenvalue weighted by Gasteiger charge is 2.25. The fourth-order valence-corrected chi connectivity index (χ4v) is 3.75. The third kappa shape index (κ3) is 5.05. The van der Waals surface area contributed by atoms with E-state index in [9.17, 15) is 14.4 Å². The predicted octanol–water partition coefficient (Wildman–Crippen LogP) is 1.48. The van der Waals surface area contributed by atoms with Crippen LogP contribution < -0.4 is 10.9 Å². The lowest BCUT2D eigenvalue weighted by Crippen LogP contribution is -2.46. The van der Waals surface area contributed by atoms with Crippen LogP contribution in [0.4, 0.5) is 0 Å². The summed E-state index contributed by atoms with van der Waals surface area (Å²) in [5.41, 5.74) is -0.137. The average Bonchev–Trinajstić information content (AvgIpc) is 2.92. The molecule has 0 spiro atoms. The van der Waals surface area contributed by atoms with Gasteiger partial charge in [0.05, 0.1) is 11.9 Å². The Kier molecular flexibility index (Phi) is 6.55. The molecule has 1 aromatic carbocycles. The van der Waals surface area contributed by atoms with Crippen LogP contribution >= 0.6 is 0 Å². The summed E-state index contributed by atoms with van der Waals surface area (Å²) in [4.78, 5) is 42.0. The molecule has 162 valence electrons. The molecule has 1 saturated heterocycles. The van der Waals surface area contributed by atoms with E-state index in [1.165, 1.54) is 4.68 Å². The Labute approximate surface area is 176 Å². The molecule has 1 aliphatic rings. The molecule has 0 atom stereocenters. The van der Waals surface area contributed by atoms with Gasteiger partial charge in [-0.15, -0.1) is 0 Å². The summed E-state index contributed by atoms with van der Waals surface area (Å²) in [6, 6.07) is 7.12. The van der Waals surface area contributed by atoms with Crippen molar-refractivity contribution in [1.82, 2.24) is 24.9 Å². The molecule has 2 aromatic rings. The summed E-state index contributed by atoms with van der Waals surface area (Å²) in [7, 11) is 0. The minimum Gasteiger partial charge on any atom is -0.350 e. The summed E-state index contributed by atoms with van der Waals surface area (Å²) in [5, 5.41) is 8.44. The Balaban J connectivity index is 1.76. The molecular weight excluding hydrogens is 382 g/mol. The summed E-state index contributed by atoms with van der Waals surface area (Å²) in [6.07, 6.45) is 0.778. The van der Waals surface area contributed by atoms with E-state index in [0.717, 1.165) is 13.0 Å². The molecule has 1 aliphatic heterocycles. The molecule has 30 heavy (non-hydrogen) atoms. The van der Waals surface area contributed by atoms with Crippen molar-refractivity contribution in [2.24, 2.45) is 0 Å². The normalized spacial score (nSPS) is 15.8. The van der Waals surface area contributed by atoms with Gasteiger partial charge in [0.1, 0.15) is 0 Å². The molecule has 0 bridgehead atoms. The van der Waals surface area contributed by atoms with Gasteiger partial charge in [-0.1, -0.05) is 18.2 Å². The SMILES string of the molecule is CCn1nc(C(=O)N2CCCN(CC(=O)NC(C)(C)C)CC2)c2ccccc2c1=O. The van der Waals surface area contributed by atoms with Gasteiger partial charge in [-0.05, 0) is 40.2 Å². The number of benzene rings is 1. The van der Waals surface area contributed by atoms with Crippen molar-refractivity contribution >= 4 is 22.6 Å². The van der Waals surface area contributed by atoms with Crippen LogP contribution in [0.25, 0.3) is 10.8 Å². The molecule has 0 unspecified atom stereocenters. The second-order valence-electron chi connectivity index (χ2n) is 8.74. The molecule has 1 N–H and O–H groups in total. The summed E-state index contributed by atoms with van der Waals surface area (Å²) in [5.74, 6) is -0.181. The quantitative estimate of drug-likeness (QED) is 0.820. The first-order valence-electron chi connectivity index (χ1n) is 10.5. The maximum absolute atomic E-state index is 13.3. The fraction of sp³-hybridized carbons (Fsp3) is 0.545. The highest BCUT2D eigenvalue weighted by Crippen LogP contribution is 2.16. The number of rotatable bonds is 4. The maximum atomic E-state index is 13.3. The van der Waals surface area contributed by atoms with Gasteiger partial charge in [0, 0.05) is 43.6 Å². The molecular formula is C22H31N5O3. The van der Waals surface area contributed by atoms with Crippen LogP contribution in [0.2, 0.25) is 0 Å². The second-order valence-corrected chi connectivity index (χ2v) is 8.74. The molecule has 8 nitrogen and oxygen atoms in total. The minimum absolute atomic E-state index is 0.00930. The lowest BCUT2D eigenvalue weighted by molar-refractivity contribution is -0.123. The Morgan fingerprint density at radius 3 is 2.43 bits per heavy atom. The minimum atomic E-state index is -0.264. The van der Waals surface area contributed by atoms with Gasteiger partial charge < -0.3 is 10.2 Å². The lowest BCUT2D eigenvalue weighted by atomic mass is 10.1. The van der Waals surface area contributed by atoms with Crippen LogP contribution in [0.15, 0.2) is 29.1 Å². The van der Waals surface area contributed by atoms with Gasteiger partial charge in [0.2, 0.25) is 5.91 Å². The van der Waals surface area contributed by atoms with Crippen LogP contribution in [0, 0.1) is 0 Å². The van der Waals surface area contributed by atoms with E-state index >= 15 is 0 Å². The molecule has 0 radical (unpaired) electrons. The molecule has 1 fully saturated rings. The number of amides is 2. The first-order chi connectivity index (χ1) is 14.2. The van der Waals surface area contributed by atoms with E-state index in [1.807, 2.05) is 33.8 Å². The van der Waals surface area contributed by atoms with Crippen LogP contribution in [-0.4, -0.2) is 69.7 Å². The first kappa shape index (κ1) is 22.0. The number of carbonyl (C=O) groups is 2. The highest BCUT2D eigenvalue weighted by atomic mass is 16.2. The summed E-state index contributed by atoms with van der Waals surface area (Å²) >= 11 is 0. The average molecular weight is 414 g/mol. The summed E-state index contributed by atoms with van der Waals surface area (Å²) in [6.45, 7) is 10.9. The topological polar surface area (TPSA) is 87.5 Å². The second kappa shape index (κ2) is 8.95. The van der Waals surface area contributed by atoms with Crippen LogP contribution in [0.1, 0.15) is 44.6 Å². The number of fused-ring (bicyclic) bond motifs is 1. The zero-order valence-corrected chi connectivity index (χ0v) is 18.3. The lowest BCUT2D eigenvalue weighted by Gasteiger charge is -2.25. The number of aromatic nitrogens is 2. The predicted molar refractivity (Wildman–Crippen MR) is 117 cm³/mol. The highest BCUT2D eigenvalue weighted by molar-refractivity contribution is 6.04. The number of nitrogens with one attached hydrogen (secondary N) is 1. The third-order valence-electron chi connectivity index (χ3n) is 5.13.